The summed E-state index contributed by atoms with van der Waals surface area (Å²) in [7, 11) is 0. The number of rotatable bonds is 19. The maximum Gasteiger partial charge on any atom is 0.265 e. The normalized spacial score (nSPS) is 19.6. The fourth-order valence-corrected chi connectivity index (χ4v) is 9.31. The first-order valence-electron chi connectivity index (χ1n) is 22.5. The lowest BCUT2D eigenvalue weighted by Gasteiger charge is -2.36. The summed E-state index contributed by atoms with van der Waals surface area (Å²) in [5.74, 6) is -0.253. The number of carbonyl (C=O) groups is 4. The topological polar surface area (TPSA) is 159 Å². The van der Waals surface area contributed by atoms with Gasteiger partial charge < -0.3 is 25.5 Å². The van der Waals surface area contributed by atoms with Crippen molar-refractivity contribution in [3.63, 3.8) is 0 Å². The molecule has 2 aliphatic heterocycles. The van der Waals surface area contributed by atoms with Gasteiger partial charge in [-0.15, -0.1) is 11.3 Å². The van der Waals surface area contributed by atoms with E-state index in [1.54, 1.807) is 11.3 Å². The molecule has 1 aromatic heterocycles. The molecular formula is C47H68N8O5S. The van der Waals surface area contributed by atoms with Crippen LogP contribution < -0.4 is 26.4 Å². The van der Waals surface area contributed by atoms with Gasteiger partial charge in [0.2, 0.25) is 17.7 Å². The number of carbonyl (C=O) groups excluding carboxylic acids is 4. The molecule has 6 rings (SSSR count). The number of benzene rings is 2. The van der Waals surface area contributed by atoms with Crippen LogP contribution in [0.25, 0.3) is 10.4 Å². The molecular weight excluding hydrogens is 789 g/mol. The molecule has 1 aliphatic carbocycles. The van der Waals surface area contributed by atoms with E-state index in [1.165, 1.54) is 24.2 Å². The average molecular weight is 857 g/mol. The summed E-state index contributed by atoms with van der Waals surface area (Å²) < 4.78 is 0. The van der Waals surface area contributed by atoms with Gasteiger partial charge in [0, 0.05) is 63.4 Å². The van der Waals surface area contributed by atoms with E-state index in [4.69, 9.17) is 0 Å². The Labute approximate surface area is 366 Å². The van der Waals surface area contributed by atoms with Crippen molar-refractivity contribution >= 4 is 40.7 Å². The Balaban J connectivity index is 0.866. The van der Waals surface area contributed by atoms with Gasteiger partial charge in [0.05, 0.1) is 28.2 Å². The molecule has 3 aliphatic rings. The quantitative estimate of drug-likeness (QED) is 0.0722. The first-order chi connectivity index (χ1) is 29.3. The molecule has 5 N–H and O–H groups in total. The van der Waals surface area contributed by atoms with Crippen LogP contribution in [-0.4, -0.2) is 108 Å². The van der Waals surface area contributed by atoms with Crippen molar-refractivity contribution in [3.05, 3.63) is 70.9 Å². The van der Waals surface area contributed by atoms with Crippen LogP contribution in [0.3, 0.4) is 0 Å². The minimum Gasteiger partial charge on any atom is -0.391 e. The van der Waals surface area contributed by atoms with Crippen LogP contribution >= 0.6 is 11.3 Å². The maximum absolute atomic E-state index is 14.1. The van der Waals surface area contributed by atoms with E-state index in [0.717, 1.165) is 98.8 Å². The van der Waals surface area contributed by atoms with E-state index in [2.05, 4.69) is 36.3 Å². The molecule has 4 amide bonds. The highest BCUT2D eigenvalue weighted by Crippen LogP contribution is 2.30. The number of amides is 4. The highest BCUT2D eigenvalue weighted by Gasteiger charge is 2.44. The Hall–Kier alpha value is -4.37. The smallest absolute Gasteiger partial charge is 0.265 e. The van der Waals surface area contributed by atoms with Crippen molar-refractivity contribution in [3.8, 4) is 10.4 Å². The Kier molecular flexibility index (Phi) is 16.4. The van der Waals surface area contributed by atoms with E-state index in [9.17, 15) is 24.3 Å². The van der Waals surface area contributed by atoms with Crippen LogP contribution in [0.2, 0.25) is 0 Å². The van der Waals surface area contributed by atoms with Gasteiger partial charge in [-0.3, -0.25) is 29.5 Å². The second-order valence-corrected chi connectivity index (χ2v) is 19.3. The fourth-order valence-electron chi connectivity index (χ4n) is 8.50. The van der Waals surface area contributed by atoms with E-state index in [1.807, 2.05) is 88.7 Å². The largest absolute Gasteiger partial charge is 0.391 e. The molecule has 332 valence electrons. The standard InChI is InChI=1S/C47H68N8O5S/c1-32(35-15-17-36(18-16-35)42-33(2)48-31-61-42)50-45(59)40-28-39(56)30-55(40)46(60)43(47(3,4)5)51-41(57)14-9-7-6-8-10-23-53-24-26-54(27-25-53)38-21-19-37(20-22-38)44(58)52-49-29-34-12-11-13-34/h15-22,31-32,34,39-40,43,49,56H,6-14,23-30H2,1-5H3,(H,50,59)(H,51,57)(H,52,58)/t32-,39+,40-,43+/m0/s1. The lowest BCUT2D eigenvalue weighted by atomic mass is 9.85. The molecule has 4 atom stereocenters. The number of aliphatic hydroxyl groups excluding tert-OH is 1. The second kappa shape index (κ2) is 21.6. The molecule has 2 saturated heterocycles. The van der Waals surface area contributed by atoms with E-state index < -0.39 is 23.6 Å². The van der Waals surface area contributed by atoms with Crippen LogP contribution in [0.4, 0.5) is 5.69 Å². The lowest BCUT2D eigenvalue weighted by Crippen LogP contribution is -2.57. The monoisotopic (exact) mass is 857 g/mol. The molecule has 1 saturated carbocycles. The maximum atomic E-state index is 14.1. The zero-order valence-electron chi connectivity index (χ0n) is 36.9. The summed E-state index contributed by atoms with van der Waals surface area (Å²) in [5.41, 5.74) is 11.9. The zero-order valence-corrected chi connectivity index (χ0v) is 37.7. The minimum absolute atomic E-state index is 0.0416. The van der Waals surface area contributed by atoms with Crippen molar-refractivity contribution < 1.29 is 24.3 Å². The number of hydrogen-bond donors (Lipinski definition) is 5. The summed E-state index contributed by atoms with van der Waals surface area (Å²) in [4.78, 5) is 65.2. The van der Waals surface area contributed by atoms with Gasteiger partial charge in [0.1, 0.15) is 12.1 Å². The molecule has 3 fully saturated rings. The second-order valence-electron chi connectivity index (χ2n) is 18.4. The van der Waals surface area contributed by atoms with Gasteiger partial charge in [-0.1, -0.05) is 70.7 Å². The summed E-state index contributed by atoms with van der Waals surface area (Å²) in [6.45, 7) is 15.5. The molecule has 3 aromatic rings. The van der Waals surface area contributed by atoms with Gasteiger partial charge in [-0.25, -0.2) is 10.4 Å². The predicted octanol–water partition coefficient (Wildman–Crippen LogP) is 5.99. The number of anilines is 1. The SMILES string of the molecule is Cc1ncsc1-c1ccc([C@H](C)NC(=O)[C@@H]2C[C@@H](O)CN2C(=O)[C@@H](NC(=O)CCCCCCCN2CCN(c3ccc(C(=O)NNCC4CCC4)cc3)CC2)C(C)(C)C)cc1. The van der Waals surface area contributed by atoms with Crippen LogP contribution in [0.1, 0.15) is 120 Å². The first-order valence-corrected chi connectivity index (χ1v) is 23.3. The third kappa shape index (κ3) is 12.8. The summed E-state index contributed by atoms with van der Waals surface area (Å²) >= 11 is 1.59. The highest BCUT2D eigenvalue weighted by molar-refractivity contribution is 7.13. The molecule has 2 aromatic carbocycles. The summed E-state index contributed by atoms with van der Waals surface area (Å²) in [6, 6.07) is 13.9. The number of unbranched alkanes of at least 4 members (excludes halogenated alkanes) is 4. The van der Waals surface area contributed by atoms with Crippen LogP contribution in [0, 0.1) is 18.3 Å². The van der Waals surface area contributed by atoms with Crippen molar-refractivity contribution in [2.24, 2.45) is 11.3 Å². The predicted molar refractivity (Wildman–Crippen MR) is 242 cm³/mol. The van der Waals surface area contributed by atoms with Crippen molar-refractivity contribution in [1.29, 1.82) is 0 Å². The number of nitrogens with one attached hydrogen (secondary N) is 4. The lowest BCUT2D eigenvalue weighted by molar-refractivity contribution is -0.144. The molecule has 0 radical (unpaired) electrons. The Morgan fingerprint density at radius 3 is 2.23 bits per heavy atom. The third-order valence-corrected chi connectivity index (χ3v) is 13.6. The number of hydrogen-bond acceptors (Lipinski definition) is 10. The van der Waals surface area contributed by atoms with Crippen LogP contribution in [0.5, 0.6) is 0 Å². The van der Waals surface area contributed by atoms with Crippen LogP contribution in [0.15, 0.2) is 54.0 Å². The number of thiazole rings is 1. The molecule has 3 heterocycles. The summed E-state index contributed by atoms with van der Waals surface area (Å²) in [5, 5.41) is 16.7. The zero-order chi connectivity index (χ0) is 43.5. The van der Waals surface area contributed by atoms with Gasteiger partial charge in [0.25, 0.3) is 5.91 Å². The Morgan fingerprint density at radius 2 is 1.59 bits per heavy atom. The van der Waals surface area contributed by atoms with Crippen molar-refractivity contribution in [2.75, 3.05) is 50.7 Å². The van der Waals surface area contributed by atoms with Gasteiger partial charge in [0.15, 0.2) is 0 Å². The number of piperazine rings is 1. The Morgan fingerprint density at radius 1 is 0.902 bits per heavy atom. The van der Waals surface area contributed by atoms with E-state index in [0.29, 0.717) is 17.9 Å². The van der Waals surface area contributed by atoms with Gasteiger partial charge >= 0.3 is 0 Å². The molecule has 0 unspecified atom stereocenters. The minimum atomic E-state index is -0.837. The van der Waals surface area contributed by atoms with Crippen molar-refractivity contribution in [2.45, 2.75) is 123 Å². The third-order valence-electron chi connectivity index (χ3n) is 12.6. The number of aryl methyl sites for hydroxylation is 1. The number of nitrogens with zero attached hydrogens (tertiary/aromatic N) is 4. The van der Waals surface area contributed by atoms with Gasteiger partial charge in [-0.2, -0.15) is 0 Å². The molecule has 61 heavy (non-hydrogen) atoms. The Bertz CT molecular complexity index is 1900. The number of likely N-dealkylation sites (tertiary alicyclic amines) is 1. The number of aromatic nitrogens is 1. The fraction of sp³-hybridized carbons (Fsp3) is 0.596. The van der Waals surface area contributed by atoms with Gasteiger partial charge in [-0.05, 0) is 92.8 Å². The van der Waals surface area contributed by atoms with Crippen molar-refractivity contribution in [1.82, 2.24) is 36.3 Å². The number of aliphatic hydroxyl groups is 1. The first kappa shape index (κ1) is 46.1. The molecule has 13 nitrogen and oxygen atoms in total. The number of β-amino-alcohol motifs (C(OH)–C–C–N with tert-alkyl or cyclic N) is 1. The number of hydrazine groups is 1. The van der Waals surface area contributed by atoms with Crippen LogP contribution in [-0.2, 0) is 14.4 Å². The molecule has 0 bridgehead atoms. The summed E-state index contributed by atoms with van der Waals surface area (Å²) in [6.07, 6.45) is 8.35. The molecule has 14 heteroatoms. The molecule has 0 spiro atoms. The van der Waals surface area contributed by atoms with E-state index >= 15 is 0 Å². The highest BCUT2D eigenvalue weighted by atomic mass is 32.1. The average Bonchev–Trinajstić information content (AvgIpc) is 3.85. The van der Waals surface area contributed by atoms with E-state index in [-0.39, 0.29) is 42.6 Å².